The molecule has 3 saturated heterocycles. The third-order valence-corrected chi connectivity index (χ3v) is 11.0. The fourth-order valence-electron chi connectivity index (χ4n) is 7.63. The van der Waals surface area contributed by atoms with E-state index in [-0.39, 0.29) is 40.8 Å². The zero-order chi connectivity index (χ0) is 33.6. The number of anilines is 1. The molecular weight excluding hydrogens is 629 g/mol. The Morgan fingerprint density at radius 3 is 2.62 bits per heavy atom. The molecule has 4 aromatic rings. The zero-order valence-electron chi connectivity index (χ0n) is 28.1. The highest BCUT2D eigenvalue weighted by Gasteiger charge is 2.45. The number of aromatic nitrogens is 3. The van der Waals surface area contributed by atoms with Gasteiger partial charge in [0.15, 0.2) is 5.82 Å². The predicted molar refractivity (Wildman–Crippen MR) is 189 cm³/mol. The molecule has 0 spiro atoms. The number of carbonyl (C=O) groups excluding carboxylic acids is 1. The normalized spacial score (nSPS) is 20.0. The summed E-state index contributed by atoms with van der Waals surface area (Å²) in [6.07, 6.45) is 10.4. The maximum absolute atomic E-state index is 16.8. The number of ether oxygens (including phenoxy) is 1. The first-order chi connectivity index (χ1) is 23.1. The molecule has 5 heterocycles. The molecule has 2 aromatic carbocycles. The molecule has 252 valence electrons. The Balaban J connectivity index is 1.25. The number of nitrogens with zero attached hydrogens (tertiary/aromatic N) is 7. The lowest BCUT2D eigenvalue weighted by molar-refractivity contribution is -0.125. The van der Waals surface area contributed by atoms with Crippen molar-refractivity contribution in [2.24, 2.45) is 0 Å². The number of amides is 1. The summed E-state index contributed by atoms with van der Waals surface area (Å²) in [7, 11) is 5.91. The van der Waals surface area contributed by atoms with Gasteiger partial charge in [0, 0.05) is 60.5 Å². The SMILES string of the molecule is CC(/C=C/C(=O)N1CCC(N(C)c2nc(OCC34CCCN3CCC4)nc3c(F)c(-c4cccc5cccc(Cl)c45)ncc23)C1)N(C)C. The number of hydrogen-bond acceptors (Lipinski definition) is 8. The Morgan fingerprint density at radius 1 is 1.12 bits per heavy atom. The molecule has 0 saturated carbocycles. The van der Waals surface area contributed by atoms with E-state index in [0.717, 1.165) is 56.0 Å². The summed E-state index contributed by atoms with van der Waals surface area (Å²) >= 11 is 6.64. The van der Waals surface area contributed by atoms with Gasteiger partial charge in [-0.25, -0.2) is 4.39 Å². The second-order valence-corrected chi connectivity index (χ2v) is 14.2. The van der Waals surface area contributed by atoms with Crippen LogP contribution in [-0.4, -0.2) is 107 Å². The van der Waals surface area contributed by atoms with Crippen molar-refractivity contribution >= 4 is 45.0 Å². The quantitative estimate of drug-likeness (QED) is 0.195. The molecule has 7 rings (SSSR count). The maximum Gasteiger partial charge on any atom is 0.319 e. The van der Waals surface area contributed by atoms with Gasteiger partial charge in [0.2, 0.25) is 5.91 Å². The molecule has 0 aliphatic carbocycles. The van der Waals surface area contributed by atoms with Crippen LogP contribution in [-0.2, 0) is 4.79 Å². The number of likely N-dealkylation sites (tertiary alicyclic amines) is 1. The summed E-state index contributed by atoms with van der Waals surface area (Å²) in [6, 6.07) is 11.6. The van der Waals surface area contributed by atoms with Crippen LogP contribution in [0, 0.1) is 5.82 Å². The Morgan fingerprint density at radius 2 is 1.88 bits per heavy atom. The molecule has 2 atom stereocenters. The van der Waals surface area contributed by atoms with Crippen LogP contribution in [0.25, 0.3) is 32.9 Å². The van der Waals surface area contributed by atoms with Crippen molar-refractivity contribution in [1.82, 2.24) is 29.7 Å². The van der Waals surface area contributed by atoms with Crippen LogP contribution in [0.15, 0.2) is 54.7 Å². The fourth-order valence-corrected chi connectivity index (χ4v) is 7.91. The van der Waals surface area contributed by atoms with E-state index in [9.17, 15) is 4.79 Å². The van der Waals surface area contributed by atoms with Crippen molar-refractivity contribution in [2.75, 3.05) is 58.8 Å². The van der Waals surface area contributed by atoms with Crippen LogP contribution in [0.5, 0.6) is 6.01 Å². The van der Waals surface area contributed by atoms with E-state index >= 15 is 4.39 Å². The number of carbonyl (C=O) groups is 1. The second kappa shape index (κ2) is 13.2. The lowest BCUT2D eigenvalue weighted by Gasteiger charge is -2.31. The van der Waals surface area contributed by atoms with Gasteiger partial charge in [0.1, 0.15) is 23.6 Å². The van der Waals surface area contributed by atoms with E-state index in [0.29, 0.717) is 41.5 Å². The van der Waals surface area contributed by atoms with Crippen LogP contribution in [0.4, 0.5) is 10.2 Å². The van der Waals surface area contributed by atoms with E-state index in [1.165, 1.54) is 0 Å². The Bertz CT molecular complexity index is 1870. The van der Waals surface area contributed by atoms with Crippen molar-refractivity contribution in [3.05, 3.63) is 65.6 Å². The van der Waals surface area contributed by atoms with Crippen molar-refractivity contribution in [3.8, 4) is 17.3 Å². The Kier molecular flexibility index (Phi) is 9.00. The largest absolute Gasteiger partial charge is 0.461 e. The molecule has 9 nitrogen and oxygen atoms in total. The van der Waals surface area contributed by atoms with E-state index in [1.54, 1.807) is 18.3 Å². The van der Waals surface area contributed by atoms with Gasteiger partial charge < -0.3 is 19.4 Å². The highest BCUT2D eigenvalue weighted by atomic mass is 35.5. The molecule has 0 bridgehead atoms. The monoisotopic (exact) mass is 671 g/mol. The molecule has 0 N–H and O–H groups in total. The van der Waals surface area contributed by atoms with Gasteiger partial charge in [-0.3, -0.25) is 14.7 Å². The van der Waals surface area contributed by atoms with Crippen LogP contribution < -0.4 is 9.64 Å². The molecule has 0 radical (unpaired) electrons. The molecule has 3 fully saturated rings. The van der Waals surface area contributed by atoms with E-state index in [1.807, 2.05) is 79.2 Å². The van der Waals surface area contributed by atoms with Crippen molar-refractivity contribution in [1.29, 1.82) is 0 Å². The first kappa shape index (κ1) is 32.7. The first-order valence-electron chi connectivity index (χ1n) is 16.9. The van der Waals surface area contributed by atoms with Gasteiger partial charge >= 0.3 is 6.01 Å². The average molecular weight is 672 g/mol. The van der Waals surface area contributed by atoms with Crippen LogP contribution >= 0.6 is 11.6 Å². The number of rotatable bonds is 9. The minimum absolute atomic E-state index is 0.0146. The number of pyridine rings is 1. The number of likely N-dealkylation sites (N-methyl/N-ethyl adjacent to an activating group) is 2. The summed E-state index contributed by atoms with van der Waals surface area (Å²) in [5.41, 5.74) is 0.902. The third kappa shape index (κ3) is 5.99. The highest BCUT2D eigenvalue weighted by molar-refractivity contribution is 6.36. The first-order valence-corrected chi connectivity index (χ1v) is 17.3. The van der Waals surface area contributed by atoms with Crippen LogP contribution in [0.2, 0.25) is 5.02 Å². The summed E-state index contributed by atoms with van der Waals surface area (Å²) in [4.78, 5) is 35.8. The standard InChI is InChI=1S/C37H43ClFN7O2/c1-24(43(2)3)13-14-30(47)45-20-15-26(22-45)44(4)35-28-21-40-33(27-11-5-9-25-10-6-12-29(38)31(25)27)32(39)34(28)41-36(42-35)48-23-37-16-7-18-46(37)19-8-17-37/h5-6,9-14,21,24,26H,7-8,15-20,22-23H2,1-4H3/b14-13+. The summed E-state index contributed by atoms with van der Waals surface area (Å²) in [5, 5.41) is 2.65. The molecular formula is C37H43ClFN7O2. The lowest BCUT2D eigenvalue weighted by atomic mass is 9.95. The average Bonchev–Trinajstić information content (AvgIpc) is 3.83. The number of hydrogen-bond donors (Lipinski definition) is 0. The Hall–Kier alpha value is -3.86. The van der Waals surface area contributed by atoms with Gasteiger partial charge in [-0.1, -0.05) is 48.0 Å². The smallest absolute Gasteiger partial charge is 0.319 e. The number of fused-ring (bicyclic) bond motifs is 3. The fraction of sp³-hybridized carbons (Fsp3) is 0.459. The molecule has 48 heavy (non-hydrogen) atoms. The van der Waals surface area contributed by atoms with Crippen LogP contribution in [0.3, 0.4) is 0 Å². The van der Waals surface area contributed by atoms with Gasteiger partial charge in [0.25, 0.3) is 0 Å². The molecule has 11 heteroatoms. The predicted octanol–water partition coefficient (Wildman–Crippen LogP) is 6.19. The van der Waals surface area contributed by atoms with Gasteiger partial charge in [-0.05, 0) is 77.7 Å². The zero-order valence-corrected chi connectivity index (χ0v) is 28.9. The summed E-state index contributed by atoms with van der Waals surface area (Å²) in [6.45, 7) is 5.81. The number of halogens is 2. The van der Waals surface area contributed by atoms with E-state index in [4.69, 9.17) is 26.3 Å². The molecule has 2 aromatic heterocycles. The van der Waals surface area contributed by atoms with Gasteiger partial charge in [-0.15, -0.1) is 0 Å². The molecule has 3 aliphatic rings. The molecule has 3 aliphatic heterocycles. The van der Waals surface area contributed by atoms with E-state index in [2.05, 4.69) is 9.88 Å². The summed E-state index contributed by atoms with van der Waals surface area (Å²) in [5.74, 6) is -0.0295. The lowest BCUT2D eigenvalue weighted by Crippen LogP contribution is -2.43. The van der Waals surface area contributed by atoms with Crippen molar-refractivity contribution in [2.45, 2.75) is 56.7 Å². The van der Waals surface area contributed by atoms with Crippen molar-refractivity contribution < 1.29 is 13.9 Å². The van der Waals surface area contributed by atoms with Gasteiger partial charge in [0.05, 0.1) is 10.9 Å². The highest BCUT2D eigenvalue weighted by Crippen LogP contribution is 2.40. The second-order valence-electron chi connectivity index (χ2n) is 13.8. The van der Waals surface area contributed by atoms with Crippen LogP contribution in [0.1, 0.15) is 39.0 Å². The summed E-state index contributed by atoms with van der Waals surface area (Å²) < 4.78 is 23.2. The third-order valence-electron chi connectivity index (χ3n) is 10.7. The Labute approximate surface area is 286 Å². The van der Waals surface area contributed by atoms with Gasteiger partial charge in [-0.2, -0.15) is 9.97 Å². The maximum atomic E-state index is 16.8. The van der Waals surface area contributed by atoms with Crippen molar-refractivity contribution in [3.63, 3.8) is 0 Å². The minimum Gasteiger partial charge on any atom is -0.461 e. The molecule has 2 unspecified atom stereocenters. The topological polar surface area (TPSA) is 77.9 Å². The number of benzene rings is 2. The minimum atomic E-state index is -0.549. The molecule has 1 amide bonds. The van der Waals surface area contributed by atoms with E-state index < -0.39 is 5.82 Å².